The summed E-state index contributed by atoms with van der Waals surface area (Å²) in [4.78, 5) is 63.0. The van der Waals surface area contributed by atoms with E-state index in [1.165, 1.54) is 37.3 Å². The number of nitro groups is 1. The molecule has 1 aliphatic heterocycles. The van der Waals surface area contributed by atoms with E-state index in [1.807, 2.05) is 0 Å². The molecule has 1 N–H and O–H groups in total. The summed E-state index contributed by atoms with van der Waals surface area (Å²) in [7, 11) is 0. The Morgan fingerprint density at radius 2 is 1.56 bits per heavy atom. The van der Waals surface area contributed by atoms with Crippen molar-refractivity contribution in [1.29, 1.82) is 0 Å². The minimum Gasteiger partial charge on any atom is -0.446 e. The molecule has 2 atom stereocenters. The van der Waals surface area contributed by atoms with Gasteiger partial charge in [-0.05, 0) is 41.1 Å². The lowest BCUT2D eigenvalue weighted by Crippen LogP contribution is -2.44. The molecule has 0 unspecified atom stereocenters. The molecule has 0 saturated heterocycles. The van der Waals surface area contributed by atoms with Crippen LogP contribution in [0, 0.1) is 10.1 Å². The summed E-state index contributed by atoms with van der Waals surface area (Å²) in [6.07, 6.45) is -1.43. The van der Waals surface area contributed by atoms with E-state index in [-0.39, 0.29) is 27.0 Å². The van der Waals surface area contributed by atoms with Crippen molar-refractivity contribution < 1.29 is 28.8 Å². The Morgan fingerprint density at radius 1 is 0.972 bits per heavy atom. The lowest BCUT2D eigenvalue weighted by molar-refractivity contribution is -0.384. The van der Waals surface area contributed by atoms with Crippen molar-refractivity contribution in [3.05, 3.63) is 104 Å². The molecule has 3 amide bonds. The number of halogens is 1. The number of imide groups is 1. The molecular weight excluding hydrogens is 534 g/mol. The molecule has 3 aromatic rings. The summed E-state index contributed by atoms with van der Waals surface area (Å²) in [6.45, 7) is 1.34. The van der Waals surface area contributed by atoms with Gasteiger partial charge in [0.15, 0.2) is 0 Å². The minimum atomic E-state index is -1.43. The average molecular weight is 552 g/mol. The number of esters is 1. The van der Waals surface area contributed by atoms with Gasteiger partial charge in [-0.15, -0.1) is 0 Å². The summed E-state index contributed by atoms with van der Waals surface area (Å²) in [5.74, 6) is -2.96. The highest BCUT2D eigenvalue weighted by Crippen LogP contribution is 2.30. The number of carbonyl (C=O) groups is 4. The molecular formula is C25H18BrN3O7. The van der Waals surface area contributed by atoms with Crippen molar-refractivity contribution in [2.75, 3.05) is 5.32 Å². The first-order valence-electron chi connectivity index (χ1n) is 10.7. The van der Waals surface area contributed by atoms with Gasteiger partial charge >= 0.3 is 5.97 Å². The Labute approximate surface area is 213 Å². The number of hydrogen-bond donors (Lipinski definition) is 1. The Balaban J connectivity index is 1.57. The molecule has 1 heterocycles. The molecule has 0 fully saturated rings. The number of benzene rings is 3. The number of ether oxygens (including phenoxy) is 1. The van der Waals surface area contributed by atoms with Crippen LogP contribution in [0.4, 0.5) is 11.4 Å². The van der Waals surface area contributed by atoms with Gasteiger partial charge in [0, 0.05) is 22.2 Å². The van der Waals surface area contributed by atoms with Gasteiger partial charge in [0.2, 0.25) is 6.10 Å². The standard InChI is InChI=1S/C25H18BrN3O7/c1-14(28-23(31)17-9-5-6-10-18(17)24(28)32)25(33)36-21(15-7-3-2-4-8-15)22(30)27-20-12-11-16(29(34)35)13-19(20)26/h2-14,21H,1H3,(H,27,30)/t14-,21-/m0/s1. The molecule has 0 spiro atoms. The Bertz CT molecular complexity index is 1360. The number of hydrogen-bond acceptors (Lipinski definition) is 7. The average Bonchev–Trinajstić information content (AvgIpc) is 3.13. The maximum Gasteiger partial charge on any atom is 0.330 e. The van der Waals surface area contributed by atoms with Crippen LogP contribution in [-0.4, -0.2) is 39.6 Å². The highest BCUT2D eigenvalue weighted by atomic mass is 79.9. The number of carbonyl (C=O) groups excluding carboxylic acids is 4. The van der Waals surface area contributed by atoms with Crippen molar-refractivity contribution in [3.63, 3.8) is 0 Å². The molecule has 0 saturated carbocycles. The summed E-state index contributed by atoms with van der Waals surface area (Å²) < 4.78 is 5.77. The van der Waals surface area contributed by atoms with Crippen molar-refractivity contribution in [2.45, 2.75) is 19.1 Å². The van der Waals surface area contributed by atoms with Crippen LogP contribution in [0.2, 0.25) is 0 Å². The van der Waals surface area contributed by atoms with Crippen molar-refractivity contribution >= 4 is 51.0 Å². The topological polar surface area (TPSA) is 136 Å². The van der Waals surface area contributed by atoms with Gasteiger partial charge in [0.25, 0.3) is 23.4 Å². The van der Waals surface area contributed by atoms with Crippen LogP contribution >= 0.6 is 15.9 Å². The van der Waals surface area contributed by atoms with Crippen LogP contribution in [0.25, 0.3) is 0 Å². The Morgan fingerprint density at radius 3 is 2.11 bits per heavy atom. The van der Waals surface area contributed by atoms with E-state index in [0.29, 0.717) is 5.56 Å². The number of nitrogens with zero attached hydrogens (tertiary/aromatic N) is 2. The fourth-order valence-electron chi connectivity index (χ4n) is 3.70. The number of nitrogens with one attached hydrogen (secondary N) is 1. The molecule has 10 nitrogen and oxygen atoms in total. The summed E-state index contributed by atoms with van der Waals surface area (Å²) in [5, 5.41) is 13.6. The lowest BCUT2D eigenvalue weighted by atomic mass is 10.1. The summed E-state index contributed by atoms with van der Waals surface area (Å²) >= 11 is 3.19. The van der Waals surface area contributed by atoms with E-state index >= 15 is 0 Å². The van der Waals surface area contributed by atoms with E-state index in [1.54, 1.807) is 42.5 Å². The summed E-state index contributed by atoms with van der Waals surface area (Å²) in [5.41, 5.74) is 0.748. The lowest BCUT2D eigenvalue weighted by Gasteiger charge is -2.24. The number of nitro benzene ring substituents is 1. The molecule has 0 radical (unpaired) electrons. The van der Waals surface area contributed by atoms with Gasteiger partial charge in [-0.25, -0.2) is 4.79 Å². The number of fused-ring (bicyclic) bond motifs is 1. The number of anilines is 1. The van der Waals surface area contributed by atoms with Crippen LogP contribution in [0.5, 0.6) is 0 Å². The third kappa shape index (κ3) is 4.73. The molecule has 4 rings (SSSR count). The first kappa shape index (κ1) is 24.7. The monoisotopic (exact) mass is 551 g/mol. The smallest absolute Gasteiger partial charge is 0.330 e. The fourth-order valence-corrected chi connectivity index (χ4v) is 4.16. The quantitative estimate of drug-likeness (QED) is 0.200. The molecule has 0 aromatic heterocycles. The zero-order valence-electron chi connectivity index (χ0n) is 18.7. The van der Waals surface area contributed by atoms with Crippen LogP contribution in [0.15, 0.2) is 77.3 Å². The second kappa shape index (κ2) is 10.1. The van der Waals surface area contributed by atoms with Crippen LogP contribution in [0.1, 0.15) is 39.3 Å². The zero-order chi connectivity index (χ0) is 26.0. The van der Waals surface area contributed by atoms with E-state index in [4.69, 9.17) is 4.74 Å². The maximum atomic E-state index is 13.2. The second-order valence-corrected chi connectivity index (χ2v) is 8.69. The SMILES string of the molecule is C[C@@H](C(=O)O[C@H](C(=O)Nc1ccc([N+](=O)[O-])cc1Br)c1ccccc1)N1C(=O)c2ccccc2C1=O. The van der Waals surface area contributed by atoms with E-state index < -0.39 is 40.8 Å². The first-order chi connectivity index (χ1) is 17.2. The predicted octanol–water partition coefficient (Wildman–Crippen LogP) is 4.27. The van der Waals surface area contributed by atoms with Gasteiger partial charge in [-0.1, -0.05) is 42.5 Å². The van der Waals surface area contributed by atoms with E-state index in [0.717, 1.165) is 4.90 Å². The number of non-ortho nitro benzene ring substituents is 1. The molecule has 0 bridgehead atoms. The maximum absolute atomic E-state index is 13.2. The normalized spacial score (nSPS) is 14.1. The van der Waals surface area contributed by atoms with Crippen LogP contribution in [-0.2, 0) is 14.3 Å². The molecule has 1 aliphatic rings. The van der Waals surface area contributed by atoms with Crippen LogP contribution in [0.3, 0.4) is 0 Å². The largest absolute Gasteiger partial charge is 0.446 e. The summed E-state index contributed by atoms with van der Waals surface area (Å²) in [6, 6.07) is 16.9. The second-order valence-electron chi connectivity index (χ2n) is 7.84. The van der Waals surface area contributed by atoms with Crippen molar-refractivity contribution in [1.82, 2.24) is 4.90 Å². The molecule has 182 valence electrons. The van der Waals surface area contributed by atoms with Crippen molar-refractivity contribution in [3.8, 4) is 0 Å². The van der Waals surface area contributed by atoms with Crippen molar-refractivity contribution in [2.24, 2.45) is 0 Å². The molecule has 36 heavy (non-hydrogen) atoms. The Hall–Kier alpha value is -4.38. The Kier molecular flexibility index (Phi) is 6.93. The third-order valence-corrected chi connectivity index (χ3v) is 6.21. The minimum absolute atomic E-state index is 0.180. The van der Waals surface area contributed by atoms with E-state index in [9.17, 15) is 29.3 Å². The predicted molar refractivity (Wildman–Crippen MR) is 131 cm³/mol. The molecule has 0 aliphatic carbocycles. The highest BCUT2D eigenvalue weighted by molar-refractivity contribution is 9.10. The highest BCUT2D eigenvalue weighted by Gasteiger charge is 2.42. The number of rotatable bonds is 7. The van der Waals surface area contributed by atoms with Gasteiger partial charge in [0.1, 0.15) is 6.04 Å². The van der Waals surface area contributed by atoms with Gasteiger partial charge < -0.3 is 10.1 Å². The van der Waals surface area contributed by atoms with Gasteiger partial charge in [-0.3, -0.25) is 29.4 Å². The third-order valence-electron chi connectivity index (χ3n) is 5.55. The molecule has 11 heteroatoms. The number of amides is 3. The zero-order valence-corrected chi connectivity index (χ0v) is 20.3. The van der Waals surface area contributed by atoms with E-state index in [2.05, 4.69) is 21.2 Å². The van der Waals surface area contributed by atoms with Gasteiger partial charge in [-0.2, -0.15) is 0 Å². The fraction of sp³-hybridized carbons (Fsp3) is 0.120. The van der Waals surface area contributed by atoms with Crippen LogP contribution < -0.4 is 5.32 Å². The van der Waals surface area contributed by atoms with Gasteiger partial charge in [0.05, 0.1) is 21.7 Å². The molecule has 3 aromatic carbocycles. The first-order valence-corrected chi connectivity index (χ1v) is 11.5.